The molecule has 0 saturated carbocycles. The number of hydrogen-bond donors (Lipinski definition) is 1. The molecule has 4 heteroatoms. The summed E-state index contributed by atoms with van der Waals surface area (Å²) >= 11 is 0. The lowest BCUT2D eigenvalue weighted by atomic mass is 9.78. The fraction of sp³-hybridized carbons (Fsp3) is 1.00. The fourth-order valence-corrected chi connectivity index (χ4v) is 3.79. The molecule has 2 fully saturated rings. The highest BCUT2D eigenvalue weighted by atomic mass is 16.5. The molecule has 0 radical (unpaired) electrons. The summed E-state index contributed by atoms with van der Waals surface area (Å²) in [5, 5.41) is 3.46. The Balaban J connectivity index is 2.00. The quantitative estimate of drug-likeness (QED) is 0.839. The highest BCUT2D eigenvalue weighted by molar-refractivity contribution is 4.91. The van der Waals surface area contributed by atoms with Gasteiger partial charge in [0.25, 0.3) is 0 Å². The molecule has 2 heterocycles. The zero-order valence-corrected chi connectivity index (χ0v) is 13.0. The molecular weight excluding hydrogens is 240 g/mol. The van der Waals surface area contributed by atoms with Crippen molar-refractivity contribution in [1.29, 1.82) is 0 Å². The molecule has 0 bridgehead atoms. The van der Waals surface area contributed by atoms with Crippen molar-refractivity contribution in [3.8, 4) is 0 Å². The summed E-state index contributed by atoms with van der Waals surface area (Å²) in [6, 6.07) is 0. The third-order valence-electron chi connectivity index (χ3n) is 4.31. The number of nitrogens with one attached hydrogen (secondary N) is 1. The maximum Gasteiger partial charge on any atom is 0.0757 e. The van der Waals surface area contributed by atoms with Gasteiger partial charge in [-0.15, -0.1) is 0 Å². The lowest BCUT2D eigenvalue weighted by molar-refractivity contribution is -0.139. The van der Waals surface area contributed by atoms with Gasteiger partial charge in [0, 0.05) is 32.2 Å². The molecule has 0 aromatic rings. The first-order valence-corrected chi connectivity index (χ1v) is 7.55. The van der Waals surface area contributed by atoms with Gasteiger partial charge in [-0.1, -0.05) is 0 Å². The van der Waals surface area contributed by atoms with E-state index in [1.165, 1.54) is 12.8 Å². The molecule has 112 valence electrons. The van der Waals surface area contributed by atoms with Crippen LogP contribution in [0.25, 0.3) is 0 Å². The van der Waals surface area contributed by atoms with Crippen molar-refractivity contribution in [1.82, 2.24) is 10.2 Å². The molecule has 0 spiro atoms. The Morgan fingerprint density at radius 3 is 2.58 bits per heavy atom. The molecule has 2 aliphatic heterocycles. The average Bonchev–Trinajstić information content (AvgIpc) is 2.27. The topological polar surface area (TPSA) is 33.7 Å². The van der Waals surface area contributed by atoms with Crippen molar-refractivity contribution in [2.24, 2.45) is 5.41 Å². The average molecular weight is 270 g/mol. The zero-order valence-electron chi connectivity index (χ0n) is 13.0. The van der Waals surface area contributed by atoms with Gasteiger partial charge in [0.15, 0.2) is 0 Å². The Morgan fingerprint density at radius 1 is 1.32 bits per heavy atom. The number of morpholine rings is 1. The molecule has 0 amide bonds. The zero-order chi connectivity index (χ0) is 13.9. The number of methoxy groups -OCH3 is 1. The van der Waals surface area contributed by atoms with E-state index in [0.29, 0.717) is 11.5 Å². The van der Waals surface area contributed by atoms with Gasteiger partial charge < -0.3 is 14.8 Å². The van der Waals surface area contributed by atoms with Crippen molar-refractivity contribution >= 4 is 0 Å². The van der Waals surface area contributed by atoms with Gasteiger partial charge in [0.2, 0.25) is 0 Å². The van der Waals surface area contributed by atoms with Crippen molar-refractivity contribution in [2.75, 3.05) is 46.4 Å². The molecule has 4 nitrogen and oxygen atoms in total. The Morgan fingerprint density at radius 2 is 2.00 bits per heavy atom. The fourth-order valence-electron chi connectivity index (χ4n) is 3.79. The van der Waals surface area contributed by atoms with Crippen LogP contribution >= 0.6 is 0 Å². The minimum absolute atomic E-state index is 0.0289. The molecule has 1 atom stereocenters. The Bertz CT molecular complexity index is 282. The first kappa shape index (κ1) is 15.2. The third kappa shape index (κ3) is 4.15. The van der Waals surface area contributed by atoms with Gasteiger partial charge in [-0.05, 0) is 46.7 Å². The Labute approximate surface area is 117 Å². The molecular formula is C15H30N2O2. The van der Waals surface area contributed by atoms with Crippen molar-refractivity contribution in [3.63, 3.8) is 0 Å². The molecule has 2 saturated heterocycles. The predicted molar refractivity (Wildman–Crippen MR) is 77.5 cm³/mol. The molecule has 1 unspecified atom stereocenters. The second kappa shape index (κ2) is 6.08. The second-order valence-electron chi connectivity index (χ2n) is 7.04. The Hall–Kier alpha value is -0.160. The normalized spacial score (nSPS) is 31.3. The number of hydrogen-bond acceptors (Lipinski definition) is 4. The summed E-state index contributed by atoms with van der Waals surface area (Å²) in [4.78, 5) is 2.58. The van der Waals surface area contributed by atoms with Gasteiger partial charge in [0.05, 0.1) is 18.3 Å². The SMILES string of the molecule is COCC1(CN2CC(C)OC(C)(C)C2)CCNCC1. The molecule has 1 N–H and O–H groups in total. The van der Waals surface area contributed by atoms with Crippen LogP contribution in [-0.4, -0.2) is 63.0 Å². The number of ether oxygens (including phenoxy) is 2. The van der Waals surface area contributed by atoms with Gasteiger partial charge in [-0.3, -0.25) is 4.90 Å². The number of piperidine rings is 1. The standard InChI is InChI=1S/C15H30N2O2/c1-13-9-17(10-14(2,3)19-13)11-15(12-18-4)5-7-16-8-6-15/h13,16H,5-12H2,1-4H3. The van der Waals surface area contributed by atoms with E-state index in [0.717, 1.165) is 39.3 Å². The van der Waals surface area contributed by atoms with E-state index in [4.69, 9.17) is 9.47 Å². The minimum Gasteiger partial charge on any atom is -0.384 e. The van der Waals surface area contributed by atoms with Crippen LogP contribution in [-0.2, 0) is 9.47 Å². The molecule has 0 aromatic carbocycles. The first-order chi connectivity index (χ1) is 8.95. The van der Waals surface area contributed by atoms with Crippen LogP contribution in [0, 0.1) is 5.41 Å². The molecule has 2 rings (SSSR count). The molecule has 2 aliphatic rings. The lowest BCUT2D eigenvalue weighted by Gasteiger charge is -2.47. The summed E-state index contributed by atoms with van der Waals surface area (Å²) in [6.07, 6.45) is 2.75. The highest BCUT2D eigenvalue weighted by Crippen LogP contribution is 2.32. The summed E-state index contributed by atoms with van der Waals surface area (Å²) in [5.74, 6) is 0. The largest absolute Gasteiger partial charge is 0.384 e. The summed E-state index contributed by atoms with van der Waals surface area (Å²) < 4.78 is 11.5. The van der Waals surface area contributed by atoms with Crippen LogP contribution in [0.5, 0.6) is 0 Å². The van der Waals surface area contributed by atoms with E-state index >= 15 is 0 Å². The van der Waals surface area contributed by atoms with Crippen LogP contribution in [0.4, 0.5) is 0 Å². The van der Waals surface area contributed by atoms with E-state index in [1.54, 1.807) is 0 Å². The van der Waals surface area contributed by atoms with Crippen LogP contribution in [0.2, 0.25) is 0 Å². The van der Waals surface area contributed by atoms with Crippen LogP contribution in [0.15, 0.2) is 0 Å². The Kier molecular flexibility index (Phi) is 4.88. The van der Waals surface area contributed by atoms with Crippen LogP contribution in [0.1, 0.15) is 33.6 Å². The maximum absolute atomic E-state index is 6.00. The van der Waals surface area contributed by atoms with Crippen molar-refractivity contribution in [2.45, 2.75) is 45.3 Å². The summed E-state index contributed by atoms with van der Waals surface area (Å²) in [7, 11) is 1.83. The number of nitrogens with zero attached hydrogens (tertiary/aromatic N) is 1. The third-order valence-corrected chi connectivity index (χ3v) is 4.31. The van der Waals surface area contributed by atoms with Gasteiger partial charge >= 0.3 is 0 Å². The molecule has 0 aliphatic carbocycles. The van der Waals surface area contributed by atoms with Crippen molar-refractivity contribution in [3.05, 3.63) is 0 Å². The van der Waals surface area contributed by atoms with E-state index in [1.807, 2.05) is 7.11 Å². The van der Waals surface area contributed by atoms with E-state index in [-0.39, 0.29) is 5.60 Å². The maximum atomic E-state index is 6.00. The number of rotatable bonds is 4. The summed E-state index contributed by atoms with van der Waals surface area (Å²) in [6.45, 7) is 12.9. The molecule has 0 aromatic heterocycles. The van der Waals surface area contributed by atoms with Crippen LogP contribution < -0.4 is 5.32 Å². The highest BCUT2D eigenvalue weighted by Gasteiger charge is 2.38. The van der Waals surface area contributed by atoms with E-state index in [2.05, 4.69) is 31.0 Å². The predicted octanol–water partition coefficient (Wildman–Crippen LogP) is 1.50. The van der Waals surface area contributed by atoms with E-state index < -0.39 is 0 Å². The van der Waals surface area contributed by atoms with Crippen LogP contribution in [0.3, 0.4) is 0 Å². The van der Waals surface area contributed by atoms with E-state index in [9.17, 15) is 0 Å². The van der Waals surface area contributed by atoms with Gasteiger partial charge in [-0.25, -0.2) is 0 Å². The minimum atomic E-state index is -0.0289. The summed E-state index contributed by atoms with van der Waals surface area (Å²) in [5.41, 5.74) is 0.298. The van der Waals surface area contributed by atoms with Gasteiger partial charge in [0.1, 0.15) is 0 Å². The molecule has 19 heavy (non-hydrogen) atoms. The second-order valence-corrected chi connectivity index (χ2v) is 7.04. The van der Waals surface area contributed by atoms with Gasteiger partial charge in [-0.2, -0.15) is 0 Å². The van der Waals surface area contributed by atoms with Crippen molar-refractivity contribution < 1.29 is 9.47 Å². The lowest BCUT2D eigenvalue weighted by Crippen LogP contribution is -2.56. The first-order valence-electron chi connectivity index (χ1n) is 7.55. The monoisotopic (exact) mass is 270 g/mol. The smallest absolute Gasteiger partial charge is 0.0757 e.